The van der Waals surface area contributed by atoms with E-state index in [0.717, 1.165) is 0 Å². The molecule has 2 N–H and O–H groups in total. The topological polar surface area (TPSA) is 83.5 Å². The molecule has 0 radical (unpaired) electrons. The Morgan fingerprint density at radius 3 is 2.69 bits per heavy atom. The molecule has 0 aromatic heterocycles. The lowest BCUT2D eigenvalue weighted by Crippen LogP contribution is -2.40. The van der Waals surface area contributed by atoms with Gasteiger partial charge in [0, 0.05) is 10.6 Å². The highest BCUT2D eigenvalue weighted by molar-refractivity contribution is 6.33. The first-order valence-electron chi connectivity index (χ1n) is 4.38. The third kappa shape index (κ3) is 1.55. The van der Waals surface area contributed by atoms with E-state index in [2.05, 4.69) is 5.32 Å². The molecular formula is C10H6ClNO4. The van der Waals surface area contributed by atoms with Crippen LogP contribution >= 0.6 is 11.6 Å². The predicted octanol–water partition coefficient (Wildman–Crippen LogP) is 1.18. The number of hydrogen-bond acceptors (Lipinski definition) is 3. The molecule has 0 saturated carbocycles. The normalized spacial score (nSPS) is 18.9. The van der Waals surface area contributed by atoms with E-state index in [1.807, 2.05) is 0 Å². The number of anilines is 1. The van der Waals surface area contributed by atoms with Crippen molar-refractivity contribution in [2.24, 2.45) is 5.92 Å². The maximum absolute atomic E-state index is 11.7. The molecule has 2 rings (SSSR count). The Morgan fingerprint density at radius 1 is 1.38 bits per heavy atom. The lowest BCUT2D eigenvalue weighted by molar-refractivity contribution is -0.143. The van der Waals surface area contributed by atoms with Crippen LogP contribution in [0.25, 0.3) is 0 Å². The highest BCUT2D eigenvalue weighted by atomic mass is 35.5. The summed E-state index contributed by atoms with van der Waals surface area (Å²) in [5.74, 6) is -4.69. The zero-order valence-electron chi connectivity index (χ0n) is 7.86. The Balaban J connectivity index is 2.53. The quantitative estimate of drug-likeness (QED) is 0.721. The zero-order chi connectivity index (χ0) is 11.9. The minimum Gasteiger partial charge on any atom is -0.480 e. The number of rotatable bonds is 1. The number of benzene rings is 1. The SMILES string of the molecule is O=C(O)[C@H]1C(=O)Nc2cc(Cl)ccc2C1=O. The molecule has 0 aliphatic carbocycles. The Hall–Kier alpha value is -1.88. The number of hydrogen-bond donors (Lipinski definition) is 2. The fraction of sp³-hybridized carbons (Fsp3) is 0.100. The molecule has 0 spiro atoms. The van der Waals surface area contributed by atoms with Crippen LogP contribution in [-0.2, 0) is 9.59 Å². The third-order valence-corrected chi connectivity index (χ3v) is 2.51. The zero-order valence-corrected chi connectivity index (χ0v) is 8.62. The van der Waals surface area contributed by atoms with Crippen LogP contribution in [-0.4, -0.2) is 22.8 Å². The second kappa shape index (κ2) is 3.61. The van der Waals surface area contributed by atoms with Gasteiger partial charge in [0.05, 0.1) is 5.69 Å². The highest BCUT2D eigenvalue weighted by Gasteiger charge is 2.39. The Bertz CT molecular complexity index is 512. The van der Waals surface area contributed by atoms with Crippen LogP contribution in [0, 0.1) is 5.92 Å². The van der Waals surface area contributed by atoms with Gasteiger partial charge in [0.15, 0.2) is 11.7 Å². The summed E-state index contributed by atoms with van der Waals surface area (Å²) >= 11 is 5.69. The molecule has 1 heterocycles. The molecule has 1 amide bonds. The second-order valence-corrected chi connectivity index (χ2v) is 3.75. The van der Waals surface area contributed by atoms with Crippen molar-refractivity contribution in [2.45, 2.75) is 0 Å². The van der Waals surface area contributed by atoms with Gasteiger partial charge in [-0.2, -0.15) is 0 Å². The number of halogens is 1. The van der Waals surface area contributed by atoms with Crippen LogP contribution in [0.4, 0.5) is 5.69 Å². The molecule has 0 bridgehead atoms. The first-order valence-corrected chi connectivity index (χ1v) is 4.76. The van der Waals surface area contributed by atoms with Gasteiger partial charge in [-0.3, -0.25) is 14.4 Å². The molecular weight excluding hydrogens is 234 g/mol. The number of aliphatic carboxylic acids is 1. The van der Waals surface area contributed by atoms with E-state index >= 15 is 0 Å². The average molecular weight is 240 g/mol. The van der Waals surface area contributed by atoms with Crippen molar-refractivity contribution in [1.82, 2.24) is 0 Å². The van der Waals surface area contributed by atoms with Crippen molar-refractivity contribution in [3.05, 3.63) is 28.8 Å². The summed E-state index contributed by atoms with van der Waals surface area (Å²) in [4.78, 5) is 33.8. The highest BCUT2D eigenvalue weighted by Crippen LogP contribution is 2.28. The lowest BCUT2D eigenvalue weighted by atomic mass is 9.92. The van der Waals surface area contributed by atoms with Crippen LogP contribution < -0.4 is 5.32 Å². The minimum absolute atomic E-state index is 0.163. The second-order valence-electron chi connectivity index (χ2n) is 3.31. The number of carbonyl (C=O) groups is 3. The van der Waals surface area contributed by atoms with E-state index < -0.39 is 23.6 Å². The smallest absolute Gasteiger partial charge is 0.324 e. The summed E-state index contributed by atoms with van der Waals surface area (Å²) in [7, 11) is 0. The van der Waals surface area contributed by atoms with Gasteiger partial charge < -0.3 is 10.4 Å². The number of ketones is 1. The Morgan fingerprint density at radius 2 is 2.06 bits per heavy atom. The molecule has 1 aromatic rings. The summed E-state index contributed by atoms with van der Waals surface area (Å²) in [6.45, 7) is 0. The van der Waals surface area contributed by atoms with Crippen molar-refractivity contribution in [3.8, 4) is 0 Å². The molecule has 1 aliphatic heterocycles. The number of carbonyl (C=O) groups excluding carboxylic acids is 2. The fourth-order valence-electron chi connectivity index (χ4n) is 1.54. The number of Topliss-reactive ketones (excluding diaryl/α,β-unsaturated/α-hetero) is 1. The third-order valence-electron chi connectivity index (χ3n) is 2.28. The van der Waals surface area contributed by atoms with Crippen LogP contribution in [0.15, 0.2) is 18.2 Å². The van der Waals surface area contributed by atoms with Gasteiger partial charge in [0.2, 0.25) is 5.91 Å². The van der Waals surface area contributed by atoms with Crippen molar-refractivity contribution >= 4 is 34.9 Å². The molecule has 0 saturated heterocycles. The molecule has 1 aromatic carbocycles. The first kappa shape index (κ1) is 10.6. The molecule has 16 heavy (non-hydrogen) atoms. The summed E-state index contributed by atoms with van der Waals surface area (Å²) in [6, 6.07) is 4.27. The predicted molar refractivity (Wildman–Crippen MR) is 55.5 cm³/mol. The van der Waals surface area contributed by atoms with Crippen molar-refractivity contribution in [1.29, 1.82) is 0 Å². The summed E-state index contributed by atoms with van der Waals surface area (Å²) in [5.41, 5.74) is 0.413. The number of amides is 1. The summed E-state index contributed by atoms with van der Waals surface area (Å²) in [6.07, 6.45) is 0. The van der Waals surface area contributed by atoms with Gasteiger partial charge in [-0.15, -0.1) is 0 Å². The van der Waals surface area contributed by atoms with Crippen molar-refractivity contribution in [3.63, 3.8) is 0 Å². The first-order chi connectivity index (χ1) is 7.50. The molecule has 5 nitrogen and oxygen atoms in total. The average Bonchev–Trinajstić information content (AvgIpc) is 2.15. The van der Waals surface area contributed by atoms with E-state index in [1.54, 1.807) is 0 Å². The summed E-state index contributed by atoms with van der Waals surface area (Å²) in [5, 5.41) is 11.5. The van der Waals surface area contributed by atoms with Crippen molar-refractivity contribution in [2.75, 3.05) is 5.32 Å². The van der Waals surface area contributed by atoms with Gasteiger partial charge in [-0.25, -0.2) is 0 Å². The molecule has 0 fully saturated rings. The molecule has 0 unspecified atom stereocenters. The number of nitrogens with one attached hydrogen (secondary N) is 1. The minimum atomic E-state index is -1.67. The van der Waals surface area contributed by atoms with Gasteiger partial charge in [0.1, 0.15) is 0 Å². The Kier molecular flexibility index (Phi) is 2.40. The van der Waals surface area contributed by atoms with E-state index in [1.165, 1.54) is 18.2 Å². The molecule has 6 heteroatoms. The van der Waals surface area contributed by atoms with Crippen LogP contribution in [0.2, 0.25) is 5.02 Å². The maximum atomic E-state index is 11.7. The number of carboxylic acids is 1. The molecule has 82 valence electrons. The van der Waals surface area contributed by atoms with Gasteiger partial charge in [0.25, 0.3) is 0 Å². The Labute approximate surface area is 95.0 Å². The number of carboxylic acid groups (broad SMARTS) is 1. The van der Waals surface area contributed by atoms with E-state index in [4.69, 9.17) is 16.7 Å². The largest absolute Gasteiger partial charge is 0.480 e. The van der Waals surface area contributed by atoms with Crippen molar-refractivity contribution < 1.29 is 19.5 Å². The van der Waals surface area contributed by atoms with Crippen LogP contribution in [0.1, 0.15) is 10.4 Å². The summed E-state index contributed by atoms with van der Waals surface area (Å²) < 4.78 is 0. The standard InChI is InChI=1S/C10H6ClNO4/c11-4-1-2-5-6(3-4)12-9(14)7(8(5)13)10(15)16/h1-3,7H,(H,12,14)(H,15,16)/t7-/m1/s1. The van der Waals surface area contributed by atoms with E-state index in [9.17, 15) is 14.4 Å². The van der Waals surface area contributed by atoms with Crippen LogP contribution in [0.5, 0.6) is 0 Å². The fourth-order valence-corrected chi connectivity index (χ4v) is 1.71. The van der Waals surface area contributed by atoms with Gasteiger partial charge in [-0.1, -0.05) is 11.6 Å². The number of fused-ring (bicyclic) bond motifs is 1. The van der Waals surface area contributed by atoms with Crippen LogP contribution in [0.3, 0.4) is 0 Å². The maximum Gasteiger partial charge on any atom is 0.324 e. The van der Waals surface area contributed by atoms with Gasteiger partial charge >= 0.3 is 5.97 Å². The molecule has 1 atom stereocenters. The van der Waals surface area contributed by atoms with E-state index in [0.29, 0.717) is 5.02 Å². The van der Waals surface area contributed by atoms with E-state index in [-0.39, 0.29) is 11.3 Å². The monoisotopic (exact) mass is 239 g/mol. The lowest BCUT2D eigenvalue weighted by Gasteiger charge is -2.20. The molecule has 1 aliphatic rings. The van der Waals surface area contributed by atoms with Gasteiger partial charge in [-0.05, 0) is 18.2 Å².